The van der Waals surface area contributed by atoms with Gasteiger partial charge in [-0.25, -0.2) is 0 Å². The number of halogens is 2. The first-order chi connectivity index (χ1) is 33.4. The van der Waals surface area contributed by atoms with Crippen LogP contribution in [0.4, 0.5) is 11.4 Å². The van der Waals surface area contributed by atoms with E-state index in [2.05, 4.69) is 268 Å². The molecule has 0 atom stereocenters. The molecule has 8 aromatic carbocycles. The Kier molecular flexibility index (Phi) is 13.8. The lowest BCUT2D eigenvalue weighted by Gasteiger charge is -2.39. The van der Waals surface area contributed by atoms with Crippen LogP contribution < -0.4 is 9.80 Å². The monoisotopic (exact) mass is 940 g/mol. The average molecular weight is 942 g/mol. The fourth-order valence-corrected chi connectivity index (χ4v) is 11.3. The molecule has 0 saturated carbocycles. The molecule has 0 aromatic heterocycles. The Balaban J connectivity index is 1.26. The quantitative estimate of drug-likeness (QED) is 0.0792. The van der Waals surface area contributed by atoms with E-state index in [1.165, 1.54) is 66.8 Å². The molecule has 1 aliphatic rings. The third kappa shape index (κ3) is 8.40. The van der Waals surface area contributed by atoms with Crippen molar-refractivity contribution in [3.63, 3.8) is 0 Å². The first kappa shape index (κ1) is 47.7. The van der Waals surface area contributed by atoms with Crippen LogP contribution in [0.3, 0.4) is 0 Å². The van der Waals surface area contributed by atoms with Gasteiger partial charge >= 0.3 is 0 Å². The van der Waals surface area contributed by atoms with Gasteiger partial charge < -0.3 is 0 Å². The highest BCUT2D eigenvalue weighted by molar-refractivity contribution is 6.42. The largest absolute Gasteiger partial charge is 0.297 e. The fraction of sp³-hybridized carbons (Fsp3) is 0.215. The molecule has 0 fully saturated rings. The second-order valence-corrected chi connectivity index (χ2v) is 20.4. The molecule has 1 aliphatic heterocycles. The summed E-state index contributed by atoms with van der Waals surface area (Å²) >= 11 is 15.3. The van der Waals surface area contributed by atoms with Crippen LogP contribution in [0.2, 0.25) is 0 Å². The third-order valence-corrected chi connectivity index (χ3v) is 14.9. The molecule has 2 nitrogen and oxygen atoms in total. The van der Waals surface area contributed by atoms with Gasteiger partial charge in [-0.2, -0.15) is 0 Å². The maximum absolute atomic E-state index is 7.66. The van der Waals surface area contributed by atoms with Crippen molar-refractivity contribution in [3.8, 4) is 0 Å². The minimum atomic E-state index is -0.619. The van der Waals surface area contributed by atoms with E-state index in [9.17, 15) is 0 Å². The topological polar surface area (TPSA) is 6.48 Å². The molecule has 0 aliphatic carbocycles. The highest BCUT2D eigenvalue weighted by Crippen LogP contribution is 2.54. The molecule has 0 unspecified atom stereocenters. The highest BCUT2D eigenvalue weighted by Gasteiger charge is 2.44. The lowest BCUT2D eigenvalue weighted by molar-refractivity contribution is 0.729. The van der Waals surface area contributed by atoms with E-state index in [1.54, 1.807) is 0 Å². The van der Waals surface area contributed by atoms with Gasteiger partial charge in [0.25, 0.3) is 0 Å². The second-order valence-electron chi connectivity index (χ2n) is 19.7. The smallest absolute Gasteiger partial charge is 0.220 e. The lowest BCUT2D eigenvalue weighted by Crippen LogP contribution is -2.32. The van der Waals surface area contributed by atoms with E-state index in [0.29, 0.717) is 10.3 Å². The van der Waals surface area contributed by atoms with Crippen molar-refractivity contribution in [1.29, 1.82) is 0 Å². The summed E-state index contributed by atoms with van der Waals surface area (Å²) in [5.74, 6) is 0.483. The summed E-state index contributed by atoms with van der Waals surface area (Å²) < 4.78 is 0. The van der Waals surface area contributed by atoms with Gasteiger partial charge in [0.1, 0.15) is 10.3 Å². The molecule has 0 spiro atoms. The third-order valence-electron chi connectivity index (χ3n) is 14.1. The van der Waals surface area contributed by atoms with Crippen LogP contribution in [0, 0.1) is 6.67 Å². The average Bonchev–Trinajstić information content (AvgIpc) is 3.67. The number of benzene rings is 8. The van der Waals surface area contributed by atoms with Gasteiger partial charge in [-0.1, -0.05) is 285 Å². The van der Waals surface area contributed by atoms with Crippen molar-refractivity contribution in [2.24, 2.45) is 0 Å². The van der Waals surface area contributed by atoms with E-state index < -0.39 is 10.8 Å². The number of anilines is 2. The summed E-state index contributed by atoms with van der Waals surface area (Å²) in [6.07, 6.45) is 0. The summed E-state index contributed by atoms with van der Waals surface area (Å²) in [7, 11) is 0. The summed E-state index contributed by atoms with van der Waals surface area (Å²) in [5.41, 5.74) is 15.1. The van der Waals surface area contributed by atoms with Crippen molar-refractivity contribution in [2.45, 2.75) is 89.9 Å². The second kappa shape index (κ2) is 20.0. The zero-order valence-electron chi connectivity index (χ0n) is 41.1. The maximum Gasteiger partial charge on any atom is 0.220 e. The van der Waals surface area contributed by atoms with E-state index in [1.807, 2.05) is 9.80 Å². The van der Waals surface area contributed by atoms with Crippen LogP contribution in [0.25, 0.3) is 0 Å². The Morgan fingerprint density at radius 3 is 0.667 bits per heavy atom. The van der Waals surface area contributed by atoms with Gasteiger partial charge in [0.2, 0.25) is 6.67 Å². The zero-order valence-corrected chi connectivity index (χ0v) is 42.6. The summed E-state index contributed by atoms with van der Waals surface area (Å²) in [6, 6.07) is 75.4. The molecule has 0 N–H and O–H groups in total. The SMILES string of the molecule is CC(C)c1cc(C(c2ccccc2)(c2ccccc2)c2ccccc2)cc(C(C)C)c1N1[C]N(c2c(C(C)C)cc(C(c3ccccc3)(c3ccccc3)c3ccccc3)cc2C(C)C)C(Cl)=C1Cl. The molecule has 9 rings (SSSR count). The zero-order chi connectivity index (χ0) is 48.5. The summed E-state index contributed by atoms with van der Waals surface area (Å²) in [6.45, 7) is 22.1. The molecule has 0 saturated heterocycles. The van der Waals surface area contributed by atoms with Crippen LogP contribution >= 0.6 is 23.2 Å². The highest BCUT2D eigenvalue weighted by atomic mass is 35.5. The Bertz CT molecular complexity index is 2580. The molecule has 0 bridgehead atoms. The number of nitrogens with zero attached hydrogens (tertiary/aromatic N) is 2. The van der Waals surface area contributed by atoms with E-state index in [0.717, 1.165) is 11.4 Å². The predicted octanol–water partition coefficient (Wildman–Crippen LogP) is 17.9. The lowest BCUT2D eigenvalue weighted by atomic mass is 9.64. The van der Waals surface area contributed by atoms with Crippen molar-refractivity contribution in [1.82, 2.24) is 0 Å². The molecule has 69 heavy (non-hydrogen) atoms. The molecule has 0 amide bonds. The molecular weight excluding hydrogens is 880 g/mol. The summed E-state index contributed by atoms with van der Waals surface area (Å²) in [4.78, 5) is 4.08. The number of rotatable bonds is 14. The van der Waals surface area contributed by atoms with Crippen molar-refractivity contribution < 1.29 is 0 Å². The fourth-order valence-electron chi connectivity index (χ4n) is 10.9. The van der Waals surface area contributed by atoms with Crippen molar-refractivity contribution in [3.05, 3.63) is 290 Å². The molecule has 2 radical (unpaired) electrons. The Hall–Kier alpha value is -6.32. The van der Waals surface area contributed by atoms with Crippen LogP contribution in [-0.2, 0) is 10.8 Å². The Labute approximate surface area is 421 Å². The Morgan fingerprint density at radius 1 is 0.304 bits per heavy atom. The van der Waals surface area contributed by atoms with Crippen molar-refractivity contribution in [2.75, 3.05) is 9.80 Å². The first-order valence-corrected chi connectivity index (χ1v) is 25.3. The van der Waals surface area contributed by atoms with Gasteiger partial charge in [-0.3, -0.25) is 9.80 Å². The minimum Gasteiger partial charge on any atom is -0.297 e. The maximum atomic E-state index is 7.66. The van der Waals surface area contributed by atoms with Gasteiger partial charge in [-0.05, 0) is 90.4 Å². The molecule has 1 heterocycles. The van der Waals surface area contributed by atoms with Crippen molar-refractivity contribution >= 4 is 34.6 Å². The van der Waals surface area contributed by atoms with Crippen LogP contribution in [0.5, 0.6) is 0 Å². The van der Waals surface area contributed by atoms with Crippen LogP contribution in [0.15, 0.2) is 217 Å². The number of hydrogen-bond donors (Lipinski definition) is 0. The number of hydrogen-bond acceptors (Lipinski definition) is 2. The summed E-state index contributed by atoms with van der Waals surface area (Å²) in [5, 5.41) is 0.851. The molecule has 4 heteroatoms. The Morgan fingerprint density at radius 2 is 0.493 bits per heavy atom. The predicted molar refractivity (Wildman–Crippen MR) is 293 cm³/mol. The van der Waals surface area contributed by atoms with E-state index >= 15 is 0 Å². The van der Waals surface area contributed by atoms with Gasteiger partial charge in [0, 0.05) is 0 Å². The standard InChI is InChI=1S/C65H62Cl2N2/c1-44(2)56-39-54(64(48-27-15-9-16-28-48,49-29-17-10-18-30-49)50-31-19-11-20-32-50)40-57(45(3)4)60(56)68-43-69(63(67)62(68)66)61-58(46(5)6)41-55(42-59(61)47(7)8)65(51-33-21-12-22-34-51,52-35-23-13-24-36-52)53-37-25-14-26-38-53/h9-42,44-47H,1-8H3. The van der Waals surface area contributed by atoms with Crippen LogP contribution in [-0.4, -0.2) is 0 Å². The minimum absolute atomic E-state index is 0.121. The van der Waals surface area contributed by atoms with Gasteiger partial charge in [0.05, 0.1) is 22.2 Å². The normalized spacial score (nSPS) is 13.4. The van der Waals surface area contributed by atoms with E-state index in [4.69, 9.17) is 23.2 Å². The van der Waals surface area contributed by atoms with Crippen LogP contribution in [0.1, 0.15) is 146 Å². The molecular formula is C65H62Cl2N2. The molecule has 346 valence electrons. The first-order valence-electron chi connectivity index (χ1n) is 24.5. The van der Waals surface area contributed by atoms with Gasteiger partial charge in [-0.15, -0.1) is 0 Å². The van der Waals surface area contributed by atoms with Gasteiger partial charge in [0.15, 0.2) is 0 Å². The van der Waals surface area contributed by atoms with E-state index in [-0.39, 0.29) is 23.7 Å². The molecule has 8 aromatic rings.